The summed E-state index contributed by atoms with van der Waals surface area (Å²) < 4.78 is 20.4. The highest BCUT2D eigenvalue weighted by Gasteiger charge is 2.35. The number of carbonyl (C=O) groups is 1. The molecule has 2 fully saturated rings. The molecule has 34 heavy (non-hydrogen) atoms. The van der Waals surface area contributed by atoms with Gasteiger partial charge in [0, 0.05) is 0 Å². The van der Waals surface area contributed by atoms with Crippen molar-refractivity contribution in [1.82, 2.24) is 0 Å². The molecular formula is C31H37FO2. The van der Waals surface area contributed by atoms with Crippen molar-refractivity contribution in [1.29, 1.82) is 0 Å². The predicted molar refractivity (Wildman–Crippen MR) is 137 cm³/mol. The summed E-state index contributed by atoms with van der Waals surface area (Å²) in [4.78, 5) is 12.6. The summed E-state index contributed by atoms with van der Waals surface area (Å²) in [6.45, 7) is 4.12. The molecule has 2 aromatic rings. The lowest BCUT2D eigenvalue weighted by Gasteiger charge is -2.41. The molecular weight excluding hydrogens is 423 g/mol. The summed E-state index contributed by atoms with van der Waals surface area (Å²) in [6, 6.07) is 12.6. The highest BCUT2D eigenvalue weighted by atomic mass is 19.1. The molecule has 0 aromatic heterocycles. The number of carbonyl (C=O) groups excluding carboxylic acids is 1. The van der Waals surface area contributed by atoms with E-state index in [0.29, 0.717) is 11.7 Å². The molecule has 0 amide bonds. The van der Waals surface area contributed by atoms with Crippen LogP contribution in [-0.4, -0.2) is 5.97 Å². The minimum absolute atomic E-state index is 0.00135. The van der Waals surface area contributed by atoms with Crippen molar-refractivity contribution in [3.63, 3.8) is 0 Å². The Kier molecular flexibility index (Phi) is 8.37. The fraction of sp³-hybridized carbons (Fsp3) is 0.452. The first-order valence-electron chi connectivity index (χ1n) is 12.9. The van der Waals surface area contributed by atoms with E-state index in [-0.39, 0.29) is 5.56 Å². The Morgan fingerprint density at radius 3 is 2.47 bits per heavy atom. The Hall–Kier alpha value is -2.68. The minimum Gasteiger partial charge on any atom is -0.423 e. The lowest BCUT2D eigenvalue weighted by molar-refractivity contribution is 0.0729. The van der Waals surface area contributed by atoms with Gasteiger partial charge in [0.05, 0.1) is 5.56 Å². The van der Waals surface area contributed by atoms with E-state index in [1.807, 2.05) is 31.2 Å². The van der Waals surface area contributed by atoms with E-state index < -0.39 is 11.8 Å². The molecule has 4 rings (SSSR count). The highest BCUT2D eigenvalue weighted by Crippen LogP contribution is 2.48. The van der Waals surface area contributed by atoms with Crippen molar-refractivity contribution < 1.29 is 13.9 Å². The third kappa shape index (κ3) is 6.05. The molecule has 0 heterocycles. The Morgan fingerprint density at radius 2 is 1.74 bits per heavy atom. The second-order valence-corrected chi connectivity index (χ2v) is 10.0. The van der Waals surface area contributed by atoms with Gasteiger partial charge in [0.25, 0.3) is 0 Å². The number of rotatable bonds is 7. The summed E-state index contributed by atoms with van der Waals surface area (Å²) in [6.07, 6.45) is 18.0. The number of hydrogen-bond acceptors (Lipinski definition) is 2. The van der Waals surface area contributed by atoms with Crippen molar-refractivity contribution in [3.05, 3.63) is 89.3 Å². The summed E-state index contributed by atoms with van der Waals surface area (Å²) in [5, 5.41) is 0. The number of hydrogen-bond donors (Lipinski definition) is 0. The molecule has 0 aliphatic heterocycles. The fourth-order valence-corrected chi connectivity index (χ4v) is 5.93. The fourth-order valence-electron chi connectivity index (χ4n) is 5.93. The van der Waals surface area contributed by atoms with Crippen LogP contribution in [0.15, 0.2) is 66.8 Å². The van der Waals surface area contributed by atoms with Gasteiger partial charge in [-0.2, -0.15) is 0 Å². The van der Waals surface area contributed by atoms with Crippen LogP contribution in [0.1, 0.15) is 86.2 Å². The average Bonchev–Trinajstić information content (AvgIpc) is 2.85. The molecule has 4 atom stereocenters. The molecule has 180 valence electrons. The normalized spacial score (nSPS) is 24.9. The Morgan fingerprint density at radius 1 is 0.971 bits per heavy atom. The molecule has 4 unspecified atom stereocenters. The molecule has 0 N–H and O–H groups in total. The number of halogens is 1. The molecule has 2 aliphatic carbocycles. The SMILES string of the molecule is C/C=C/CCc1ccc(OC(=O)c2ccc(C3CCC4CC(/C=C/C)CCC4C3)cc2F)cc1. The van der Waals surface area contributed by atoms with Gasteiger partial charge in [-0.1, -0.05) is 42.5 Å². The van der Waals surface area contributed by atoms with Gasteiger partial charge in [-0.15, -0.1) is 0 Å². The number of benzene rings is 2. The monoisotopic (exact) mass is 460 g/mol. The van der Waals surface area contributed by atoms with Crippen LogP contribution >= 0.6 is 0 Å². The smallest absolute Gasteiger partial charge is 0.346 e. The molecule has 0 spiro atoms. The Labute approximate surface area is 203 Å². The molecule has 2 aliphatic rings. The van der Waals surface area contributed by atoms with E-state index in [4.69, 9.17) is 4.74 Å². The predicted octanol–water partition coefficient (Wildman–Crippen LogP) is 8.43. The number of ether oxygens (including phenoxy) is 1. The summed E-state index contributed by atoms with van der Waals surface area (Å²) in [5.41, 5.74) is 2.20. The van der Waals surface area contributed by atoms with Crippen LogP contribution in [0.4, 0.5) is 4.39 Å². The first kappa shape index (κ1) is 24.4. The van der Waals surface area contributed by atoms with E-state index >= 15 is 0 Å². The Balaban J connectivity index is 1.35. The van der Waals surface area contributed by atoms with Crippen LogP contribution in [0, 0.1) is 23.6 Å². The largest absolute Gasteiger partial charge is 0.423 e. The van der Waals surface area contributed by atoms with E-state index in [9.17, 15) is 9.18 Å². The molecule has 2 aromatic carbocycles. The van der Waals surface area contributed by atoms with Gasteiger partial charge in [-0.3, -0.25) is 0 Å². The second-order valence-electron chi connectivity index (χ2n) is 10.0. The molecule has 0 radical (unpaired) electrons. The van der Waals surface area contributed by atoms with Gasteiger partial charge < -0.3 is 4.74 Å². The van der Waals surface area contributed by atoms with Crippen molar-refractivity contribution >= 4 is 5.97 Å². The van der Waals surface area contributed by atoms with Gasteiger partial charge >= 0.3 is 5.97 Å². The third-order valence-corrected chi connectivity index (χ3v) is 7.77. The van der Waals surface area contributed by atoms with Gasteiger partial charge in [0.1, 0.15) is 11.6 Å². The molecule has 3 heteroatoms. The van der Waals surface area contributed by atoms with Crippen LogP contribution in [-0.2, 0) is 6.42 Å². The van der Waals surface area contributed by atoms with E-state index in [1.54, 1.807) is 24.3 Å². The third-order valence-electron chi connectivity index (χ3n) is 7.77. The molecule has 2 saturated carbocycles. The number of fused-ring (bicyclic) bond motifs is 1. The molecule has 0 saturated heterocycles. The highest BCUT2D eigenvalue weighted by molar-refractivity contribution is 5.91. The minimum atomic E-state index is -0.642. The van der Waals surface area contributed by atoms with Crippen LogP contribution in [0.3, 0.4) is 0 Å². The molecule has 0 bridgehead atoms. The first-order chi connectivity index (χ1) is 16.6. The summed E-state index contributed by atoms with van der Waals surface area (Å²) in [5.74, 6) is 1.99. The van der Waals surface area contributed by atoms with Gasteiger partial charge in [0.15, 0.2) is 0 Å². The van der Waals surface area contributed by atoms with Crippen LogP contribution in [0.2, 0.25) is 0 Å². The lowest BCUT2D eigenvalue weighted by atomic mass is 9.64. The lowest BCUT2D eigenvalue weighted by Crippen LogP contribution is -2.30. The van der Waals surface area contributed by atoms with E-state index in [2.05, 4.69) is 25.2 Å². The first-order valence-corrected chi connectivity index (χ1v) is 12.9. The number of allylic oxidation sites excluding steroid dienone is 4. The van der Waals surface area contributed by atoms with Crippen LogP contribution < -0.4 is 4.74 Å². The van der Waals surface area contributed by atoms with E-state index in [0.717, 1.165) is 49.0 Å². The number of aryl methyl sites for hydroxylation is 1. The van der Waals surface area contributed by atoms with E-state index in [1.165, 1.54) is 31.2 Å². The van der Waals surface area contributed by atoms with Crippen LogP contribution in [0.5, 0.6) is 5.75 Å². The summed E-state index contributed by atoms with van der Waals surface area (Å²) >= 11 is 0. The van der Waals surface area contributed by atoms with Crippen molar-refractivity contribution in [2.24, 2.45) is 17.8 Å². The zero-order valence-electron chi connectivity index (χ0n) is 20.5. The van der Waals surface area contributed by atoms with Crippen molar-refractivity contribution in [2.75, 3.05) is 0 Å². The van der Waals surface area contributed by atoms with Crippen molar-refractivity contribution in [3.8, 4) is 5.75 Å². The standard InChI is InChI=1S/C31H37FO2/c1-3-5-6-8-22-10-16-28(17-11-22)34-31(33)29-18-15-27(21-30(29)32)26-14-13-24-19-23(7-4-2)9-12-25(24)20-26/h3-5,7,10-11,15-18,21,23-26H,6,8-9,12-14,19-20H2,1-2H3/b5-3+,7-4+. The maximum Gasteiger partial charge on any atom is 0.346 e. The average molecular weight is 461 g/mol. The maximum absolute atomic E-state index is 14.9. The van der Waals surface area contributed by atoms with Gasteiger partial charge in [-0.05, 0) is 124 Å². The van der Waals surface area contributed by atoms with Crippen molar-refractivity contribution in [2.45, 2.75) is 71.1 Å². The second kappa shape index (κ2) is 11.6. The molecule has 2 nitrogen and oxygen atoms in total. The summed E-state index contributed by atoms with van der Waals surface area (Å²) in [7, 11) is 0. The van der Waals surface area contributed by atoms with Crippen LogP contribution in [0.25, 0.3) is 0 Å². The maximum atomic E-state index is 14.9. The topological polar surface area (TPSA) is 26.3 Å². The number of esters is 1. The van der Waals surface area contributed by atoms with Gasteiger partial charge in [-0.25, -0.2) is 9.18 Å². The zero-order chi connectivity index (χ0) is 23.9. The zero-order valence-corrected chi connectivity index (χ0v) is 20.5. The quantitative estimate of drug-likeness (QED) is 0.235. The van der Waals surface area contributed by atoms with Gasteiger partial charge in [0.2, 0.25) is 0 Å². The Bertz CT molecular complexity index is 1020.